The maximum Gasteiger partial charge on any atom is 0.197 e. The highest BCUT2D eigenvalue weighted by atomic mass is 35.5. The van der Waals surface area contributed by atoms with Crippen LogP contribution in [0.2, 0.25) is 0 Å². The fraction of sp³-hybridized carbons (Fsp3) is 0.333. The maximum atomic E-state index is 13.7. The van der Waals surface area contributed by atoms with Gasteiger partial charge in [0.1, 0.15) is 0 Å². The van der Waals surface area contributed by atoms with E-state index in [0.717, 1.165) is 0 Å². The summed E-state index contributed by atoms with van der Waals surface area (Å²) >= 11 is 5.99. The smallest absolute Gasteiger partial charge is 0.197 e. The molecule has 0 aromatic heterocycles. The Morgan fingerprint density at radius 3 is 2.12 bits per heavy atom. The van der Waals surface area contributed by atoms with Crippen LogP contribution in [-0.2, 0) is 0 Å². The largest absolute Gasteiger partial charge is 0.203 e. The molecule has 3 atom stereocenters. The highest BCUT2D eigenvalue weighted by Crippen LogP contribution is 2.52. The zero-order chi connectivity index (χ0) is 12.3. The van der Waals surface area contributed by atoms with Gasteiger partial charge in [0.15, 0.2) is 23.3 Å². The summed E-state index contributed by atoms with van der Waals surface area (Å²) in [6.45, 7) is 0. The second-order valence-corrected chi connectivity index (χ2v) is 4.85. The zero-order valence-corrected chi connectivity index (χ0v) is 9.24. The van der Waals surface area contributed by atoms with Gasteiger partial charge in [-0.05, 0) is 12.3 Å². The van der Waals surface area contributed by atoms with Crippen LogP contribution in [0, 0.1) is 29.2 Å². The average molecular weight is 263 g/mol. The Hall–Kier alpha value is -1.03. The molecular formula is C12H7ClF4. The summed E-state index contributed by atoms with van der Waals surface area (Å²) in [4.78, 5) is 0. The summed E-state index contributed by atoms with van der Waals surface area (Å²) in [5, 5.41) is -0.843. The Bertz CT molecular complexity index is 538. The third kappa shape index (κ3) is 1.30. The van der Waals surface area contributed by atoms with Crippen LogP contribution in [0.5, 0.6) is 0 Å². The average Bonchev–Trinajstić information content (AvgIpc) is 2.74. The molecule has 17 heavy (non-hydrogen) atoms. The number of benzene rings is 1. The number of alkyl halides is 1. The third-order valence-corrected chi connectivity index (χ3v) is 4.02. The first-order chi connectivity index (χ1) is 8.02. The summed E-state index contributed by atoms with van der Waals surface area (Å²) in [7, 11) is 0. The van der Waals surface area contributed by atoms with Crippen molar-refractivity contribution in [3.8, 4) is 0 Å². The second-order valence-electron chi connectivity index (χ2n) is 4.38. The van der Waals surface area contributed by atoms with E-state index >= 15 is 0 Å². The Morgan fingerprint density at radius 2 is 1.47 bits per heavy atom. The number of hydrogen-bond acceptors (Lipinski definition) is 0. The van der Waals surface area contributed by atoms with Crippen molar-refractivity contribution in [1.29, 1.82) is 0 Å². The molecule has 1 aromatic rings. The SMILES string of the molecule is Fc1c(F)c(F)c2c(c1F)[C@@H]1C=C[C@@H](C1)[C@@H]2Cl. The van der Waals surface area contributed by atoms with E-state index in [2.05, 4.69) is 0 Å². The Kier molecular flexibility index (Phi) is 2.27. The molecule has 1 aromatic carbocycles. The minimum absolute atomic E-state index is 0.133. The molecule has 2 bridgehead atoms. The minimum atomic E-state index is -1.78. The predicted molar refractivity (Wildman–Crippen MR) is 54.9 cm³/mol. The molecule has 90 valence electrons. The molecule has 0 amide bonds. The van der Waals surface area contributed by atoms with E-state index < -0.39 is 34.6 Å². The first-order valence-corrected chi connectivity index (χ1v) is 5.64. The first-order valence-electron chi connectivity index (χ1n) is 5.20. The van der Waals surface area contributed by atoms with Crippen molar-refractivity contribution in [2.24, 2.45) is 5.92 Å². The van der Waals surface area contributed by atoms with E-state index in [1.165, 1.54) is 0 Å². The van der Waals surface area contributed by atoms with Crippen LogP contribution >= 0.6 is 11.6 Å². The van der Waals surface area contributed by atoms with Gasteiger partial charge in [-0.2, -0.15) is 0 Å². The van der Waals surface area contributed by atoms with Gasteiger partial charge in [-0.25, -0.2) is 17.6 Å². The lowest BCUT2D eigenvalue weighted by Gasteiger charge is -2.28. The van der Waals surface area contributed by atoms with Gasteiger partial charge in [0, 0.05) is 17.0 Å². The number of rotatable bonds is 0. The fourth-order valence-electron chi connectivity index (χ4n) is 2.67. The van der Waals surface area contributed by atoms with Gasteiger partial charge in [-0.3, -0.25) is 0 Å². The summed E-state index contributed by atoms with van der Waals surface area (Å²) in [5.41, 5.74) is -0.360. The van der Waals surface area contributed by atoms with Crippen LogP contribution in [0.4, 0.5) is 17.6 Å². The Balaban J connectivity index is 2.36. The lowest BCUT2D eigenvalue weighted by molar-refractivity contribution is 0.380. The van der Waals surface area contributed by atoms with Crippen LogP contribution in [0.25, 0.3) is 0 Å². The molecule has 0 saturated heterocycles. The molecule has 2 aliphatic rings. The van der Waals surface area contributed by atoms with Crippen LogP contribution in [-0.4, -0.2) is 0 Å². The fourth-order valence-corrected chi connectivity index (χ4v) is 3.07. The number of hydrogen-bond donors (Lipinski definition) is 0. The van der Waals surface area contributed by atoms with E-state index in [0.29, 0.717) is 6.42 Å². The van der Waals surface area contributed by atoms with E-state index in [1.807, 2.05) is 0 Å². The molecule has 0 saturated carbocycles. The normalized spacial score (nSPS) is 29.6. The lowest BCUT2D eigenvalue weighted by atomic mass is 9.81. The summed E-state index contributed by atoms with van der Waals surface area (Å²) in [5.74, 6) is -6.78. The van der Waals surface area contributed by atoms with E-state index in [9.17, 15) is 17.6 Å². The Morgan fingerprint density at radius 1 is 0.882 bits per heavy atom. The van der Waals surface area contributed by atoms with Crippen LogP contribution in [0.3, 0.4) is 0 Å². The van der Waals surface area contributed by atoms with Crippen LogP contribution < -0.4 is 0 Å². The molecule has 0 fully saturated rings. The molecular weight excluding hydrogens is 256 g/mol. The van der Waals surface area contributed by atoms with Crippen molar-refractivity contribution in [3.05, 3.63) is 46.5 Å². The maximum absolute atomic E-state index is 13.7. The van der Waals surface area contributed by atoms with E-state index in [4.69, 9.17) is 11.6 Å². The molecule has 3 rings (SSSR count). The third-order valence-electron chi connectivity index (χ3n) is 3.48. The van der Waals surface area contributed by atoms with Gasteiger partial charge < -0.3 is 0 Å². The molecule has 0 aliphatic heterocycles. The molecule has 5 heteroatoms. The van der Waals surface area contributed by atoms with Gasteiger partial charge in [0.25, 0.3) is 0 Å². The predicted octanol–water partition coefficient (Wildman–Crippen LogP) is 4.20. The second kappa shape index (κ2) is 3.48. The lowest BCUT2D eigenvalue weighted by Crippen LogP contribution is -2.20. The van der Waals surface area contributed by atoms with Crippen molar-refractivity contribution in [3.63, 3.8) is 0 Å². The highest BCUT2D eigenvalue weighted by molar-refractivity contribution is 6.21. The zero-order valence-electron chi connectivity index (χ0n) is 8.48. The summed E-state index contributed by atoms with van der Waals surface area (Å²) < 4.78 is 53.7. The topological polar surface area (TPSA) is 0 Å². The van der Waals surface area contributed by atoms with E-state index in [-0.39, 0.29) is 17.0 Å². The molecule has 0 radical (unpaired) electrons. The standard InChI is InChI=1S/C12H7ClF4/c13-8-5-2-1-4(3-5)6-7(8)10(15)12(17)11(16)9(6)14/h1-2,4-5,8H,3H2/t4-,5+,8+/m1/s1. The number of allylic oxidation sites excluding steroid dienone is 2. The van der Waals surface area contributed by atoms with Gasteiger partial charge in [0.2, 0.25) is 0 Å². The van der Waals surface area contributed by atoms with Crippen molar-refractivity contribution in [2.75, 3.05) is 0 Å². The van der Waals surface area contributed by atoms with Gasteiger partial charge >= 0.3 is 0 Å². The van der Waals surface area contributed by atoms with Crippen molar-refractivity contribution in [2.45, 2.75) is 17.7 Å². The molecule has 0 nitrogen and oxygen atoms in total. The van der Waals surface area contributed by atoms with E-state index in [1.54, 1.807) is 12.2 Å². The summed E-state index contributed by atoms with van der Waals surface area (Å²) in [6.07, 6.45) is 3.94. The van der Waals surface area contributed by atoms with Crippen LogP contribution in [0.15, 0.2) is 12.2 Å². The van der Waals surface area contributed by atoms with Gasteiger partial charge in [0.05, 0.1) is 5.38 Å². The minimum Gasteiger partial charge on any atom is -0.203 e. The molecule has 0 N–H and O–H groups in total. The molecule has 0 heterocycles. The van der Waals surface area contributed by atoms with Crippen molar-refractivity contribution >= 4 is 11.6 Å². The molecule has 0 unspecified atom stereocenters. The van der Waals surface area contributed by atoms with Crippen LogP contribution in [0.1, 0.15) is 28.8 Å². The number of halogens is 5. The van der Waals surface area contributed by atoms with Crippen molar-refractivity contribution in [1.82, 2.24) is 0 Å². The van der Waals surface area contributed by atoms with Gasteiger partial charge in [-0.15, -0.1) is 11.6 Å². The first kappa shape index (κ1) is 11.1. The van der Waals surface area contributed by atoms with Gasteiger partial charge in [-0.1, -0.05) is 12.2 Å². The summed E-state index contributed by atoms with van der Waals surface area (Å²) in [6, 6.07) is 0. The monoisotopic (exact) mass is 262 g/mol. The number of fused-ring (bicyclic) bond motifs is 4. The molecule has 0 spiro atoms. The quantitative estimate of drug-likeness (QED) is 0.216. The van der Waals surface area contributed by atoms with Crippen molar-refractivity contribution < 1.29 is 17.6 Å². The molecule has 2 aliphatic carbocycles. The Labute approximate surface area is 99.9 Å². The highest BCUT2D eigenvalue weighted by Gasteiger charge is 2.41.